The minimum atomic E-state index is -5.67. The number of aromatic nitrogens is 3. The zero-order chi connectivity index (χ0) is 20.6. The first kappa shape index (κ1) is 20.4. The van der Waals surface area contributed by atoms with Gasteiger partial charge in [0.2, 0.25) is 0 Å². The van der Waals surface area contributed by atoms with Gasteiger partial charge < -0.3 is 0 Å². The van der Waals surface area contributed by atoms with Gasteiger partial charge in [-0.15, -0.1) is 4.68 Å². The maximum absolute atomic E-state index is 12.6. The molecule has 2 N–H and O–H groups in total. The van der Waals surface area contributed by atoms with Crippen LogP contribution < -0.4 is 16.0 Å². The number of aryl methyl sites for hydroxylation is 2. The summed E-state index contributed by atoms with van der Waals surface area (Å²) in [6, 6.07) is 3.87. The van der Waals surface area contributed by atoms with Crippen molar-refractivity contribution in [1.29, 1.82) is 0 Å². The van der Waals surface area contributed by atoms with Crippen molar-refractivity contribution in [1.82, 2.24) is 14.9 Å². The second-order valence-electron chi connectivity index (χ2n) is 5.52. The molecule has 0 amide bonds. The van der Waals surface area contributed by atoms with E-state index in [0.29, 0.717) is 10.2 Å². The van der Waals surface area contributed by atoms with Crippen LogP contribution in [0.25, 0.3) is 0 Å². The van der Waals surface area contributed by atoms with Gasteiger partial charge in [0.05, 0.1) is 11.4 Å². The van der Waals surface area contributed by atoms with Gasteiger partial charge in [0.1, 0.15) is 5.69 Å². The summed E-state index contributed by atoms with van der Waals surface area (Å²) in [7, 11) is -5.67. The first-order valence-corrected chi connectivity index (χ1v) is 8.76. The van der Waals surface area contributed by atoms with Crippen molar-refractivity contribution in [3.05, 3.63) is 55.9 Å². The lowest BCUT2D eigenvalue weighted by molar-refractivity contribution is -0.0429. The van der Waals surface area contributed by atoms with E-state index in [2.05, 4.69) is 10.2 Å². The Hall–Kier alpha value is -2.96. The number of H-pyrrole nitrogens is 1. The molecule has 0 spiro atoms. The number of nitrogens with one attached hydrogen (secondary N) is 2. The standard InChI is InChI=1S/C14H14F3N5O4S/c1-7-4-5-11(21-27(25,26)14(15,16)17)10(6-7)8(2)20-22-12(23)9(3)18-19-13(22)24/h4-6,21H,1-3H3,(H,19,24)/b20-8+. The molecule has 0 aliphatic carbocycles. The Morgan fingerprint density at radius 3 is 2.48 bits per heavy atom. The molecule has 0 aliphatic rings. The molecule has 146 valence electrons. The van der Waals surface area contributed by atoms with Gasteiger partial charge in [-0.1, -0.05) is 11.6 Å². The van der Waals surface area contributed by atoms with Crippen molar-refractivity contribution in [3.63, 3.8) is 0 Å². The van der Waals surface area contributed by atoms with Crippen LogP contribution in [0.2, 0.25) is 0 Å². The summed E-state index contributed by atoms with van der Waals surface area (Å²) in [5.74, 6) is 0. The van der Waals surface area contributed by atoms with Gasteiger partial charge in [-0.2, -0.15) is 31.8 Å². The van der Waals surface area contributed by atoms with Gasteiger partial charge in [0, 0.05) is 5.56 Å². The summed E-state index contributed by atoms with van der Waals surface area (Å²) < 4.78 is 62.6. The molecule has 27 heavy (non-hydrogen) atoms. The molecule has 0 atom stereocenters. The second-order valence-corrected chi connectivity index (χ2v) is 7.19. The fourth-order valence-electron chi connectivity index (χ4n) is 2.02. The second kappa shape index (κ2) is 6.98. The lowest BCUT2D eigenvalue weighted by Gasteiger charge is -2.14. The molecule has 1 heterocycles. The van der Waals surface area contributed by atoms with E-state index in [1.165, 1.54) is 30.7 Å². The Morgan fingerprint density at radius 1 is 1.26 bits per heavy atom. The third kappa shape index (κ3) is 4.24. The summed E-state index contributed by atoms with van der Waals surface area (Å²) in [6.07, 6.45) is 0. The molecule has 0 aliphatic heterocycles. The average Bonchev–Trinajstić information content (AvgIpc) is 2.55. The molecule has 0 fully saturated rings. The largest absolute Gasteiger partial charge is 0.516 e. The number of alkyl halides is 3. The Kier molecular flexibility index (Phi) is 5.26. The molecule has 9 nitrogen and oxygen atoms in total. The van der Waals surface area contributed by atoms with E-state index < -0.39 is 32.5 Å². The van der Waals surface area contributed by atoms with Crippen LogP contribution >= 0.6 is 0 Å². The van der Waals surface area contributed by atoms with E-state index in [1.807, 2.05) is 5.10 Å². The van der Waals surface area contributed by atoms with Crippen molar-refractivity contribution >= 4 is 21.4 Å². The molecule has 0 saturated carbocycles. The number of nitrogens with zero attached hydrogens (tertiary/aromatic N) is 3. The zero-order valence-electron chi connectivity index (χ0n) is 14.2. The summed E-state index contributed by atoms with van der Waals surface area (Å²) in [4.78, 5) is 23.7. The van der Waals surface area contributed by atoms with E-state index >= 15 is 0 Å². The van der Waals surface area contributed by atoms with Crippen LogP contribution in [0.1, 0.15) is 23.7 Å². The maximum atomic E-state index is 12.6. The first-order valence-electron chi connectivity index (χ1n) is 7.27. The van der Waals surface area contributed by atoms with Crippen LogP contribution in [0.4, 0.5) is 18.9 Å². The van der Waals surface area contributed by atoms with E-state index in [-0.39, 0.29) is 17.0 Å². The van der Waals surface area contributed by atoms with Gasteiger partial charge in [-0.05, 0) is 32.9 Å². The highest BCUT2D eigenvalue weighted by molar-refractivity contribution is 7.93. The van der Waals surface area contributed by atoms with Gasteiger partial charge >= 0.3 is 21.2 Å². The zero-order valence-corrected chi connectivity index (χ0v) is 15.1. The van der Waals surface area contributed by atoms with Crippen molar-refractivity contribution in [2.24, 2.45) is 5.10 Å². The topological polar surface area (TPSA) is 126 Å². The summed E-state index contributed by atoms with van der Waals surface area (Å²) >= 11 is 0. The van der Waals surface area contributed by atoms with Crippen LogP contribution in [0.5, 0.6) is 0 Å². The summed E-state index contributed by atoms with van der Waals surface area (Å²) in [6.45, 7) is 4.26. The highest BCUT2D eigenvalue weighted by atomic mass is 32.2. The van der Waals surface area contributed by atoms with E-state index in [1.54, 1.807) is 6.92 Å². The predicted molar refractivity (Wildman–Crippen MR) is 91.2 cm³/mol. The van der Waals surface area contributed by atoms with Crippen molar-refractivity contribution in [2.75, 3.05) is 4.72 Å². The maximum Gasteiger partial charge on any atom is 0.516 e. The van der Waals surface area contributed by atoms with Crippen molar-refractivity contribution in [3.8, 4) is 0 Å². The lowest BCUT2D eigenvalue weighted by atomic mass is 10.1. The third-order valence-corrected chi connectivity index (χ3v) is 4.48. The quantitative estimate of drug-likeness (QED) is 0.736. The molecule has 13 heteroatoms. The van der Waals surface area contributed by atoms with E-state index in [9.17, 15) is 31.2 Å². The minimum Gasteiger partial charge on any atom is -0.275 e. The Bertz CT molecular complexity index is 1130. The SMILES string of the molecule is C/C(=N\n1c(=O)[nH]nc(C)c1=O)c1cc(C)ccc1NS(=O)(=O)C(F)(F)F. The Labute approximate surface area is 150 Å². The van der Waals surface area contributed by atoms with Crippen LogP contribution in [-0.4, -0.2) is 34.5 Å². The van der Waals surface area contributed by atoms with Crippen LogP contribution in [0.3, 0.4) is 0 Å². The molecule has 0 saturated heterocycles. The minimum absolute atomic E-state index is 0.0383. The van der Waals surface area contributed by atoms with Gasteiger partial charge in [-0.3, -0.25) is 9.52 Å². The van der Waals surface area contributed by atoms with Gasteiger partial charge in [-0.25, -0.2) is 9.89 Å². The van der Waals surface area contributed by atoms with Crippen LogP contribution in [0, 0.1) is 13.8 Å². The van der Waals surface area contributed by atoms with Crippen molar-refractivity contribution in [2.45, 2.75) is 26.3 Å². The lowest BCUT2D eigenvalue weighted by Crippen LogP contribution is -2.35. The number of benzene rings is 1. The number of sulfonamides is 1. The fourth-order valence-corrected chi connectivity index (χ4v) is 2.60. The highest BCUT2D eigenvalue weighted by Gasteiger charge is 2.46. The highest BCUT2D eigenvalue weighted by Crippen LogP contribution is 2.27. The van der Waals surface area contributed by atoms with Gasteiger partial charge in [0.15, 0.2) is 0 Å². The first-order chi connectivity index (χ1) is 12.3. The number of halogens is 3. The van der Waals surface area contributed by atoms with Crippen molar-refractivity contribution < 1.29 is 21.6 Å². The number of rotatable bonds is 4. The van der Waals surface area contributed by atoms with Crippen LogP contribution in [0.15, 0.2) is 32.9 Å². The normalized spacial score (nSPS) is 12.9. The van der Waals surface area contributed by atoms with Crippen LogP contribution in [-0.2, 0) is 10.0 Å². The molecule has 1 aromatic carbocycles. The number of anilines is 1. The molecular formula is C14H14F3N5O4S. The molecular weight excluding hydrogens is 391 g/mol. The van der Waals surface area contributed by atoms with Gasteiger partial charge in [0.25, 0.3) is 5.56 Å². The number of hydrogen-bond acceptors (Lipinski definition) is 6. The molecule has 0 radical (unpaired) electrons. The Balaban J connectivity index is 2.63. The third-order valence-electron chi connectivity index (χ3n) is 3.38. The average molecular weight is 405 g/mol. The van der Waals surface area contributed by atoms with E-state index in [0.717, 1.165) is 6.07 Å². The monoisotopic (exact) mass is 405 g/mol. The molecule has 2 rings (SSSR count). The fraction of sp³-hybridized carbons (Fsp3) is 0.286. The predicted octanol–water partition coefficient (Wildman–Crippen LogP) is 1.08. The molecule has 0 unspecified atom stereocenters. The number of hydrogen-bond donors (Lipinski definition) is 2. The summed E-state index contributed by atoms with van der Waals surface area (Å²) in [5.41, 5.74) is -7.31. The number of aromatic amines is 1. The molecule has 1 aromatic heterocycles. The molecule has 0 bridgehead atoms. The molecule has 2 aromatic rings. The van der Waals surface area contributed by atoms with E-state index in [4.69, 9.17) is 0 Å². The summed E-state index contributed by atoms with van der Waals surface area (Å²) in [5, 5.41) is 9.31. The Morgan fingerprint density at radius 2 is 1.89 bits per heavy atom. The smallest absolute Gasteiger partial charge is 0.275 e.